The van der Waals surface area contributed by atoms with E-state index in [0.717, 1.165) is 0 Å². The molecule has 3 N–H and O–H groups in total. The number of para-hydroxylation sites is 1. The zero-order chi connectivity index (χ0) is 22.2. The van der Waals surface area contributed by atoms with E-state index in [0.29, 0.717) is 34.2 Å². The number of halogens is 1. The fraction of sp³-hybridized carbons (Fsp3) is 0.0870. The van der Waals surface area contributed by atoms with Gasteiger partial charge in [-0.2, -0.15) is 5.10 Å². The van der Waals surface area contributed by atoms with Crippen LogP contribution in [0.15, 0.2) is 71.8 Å². The van der Waals surface area contributed by atoms with Crippen LogP contribution in [0.4, 0.5) is 5.69 Å². The highest BCUT2D eigenvalue weighted by Crippen LogP contribution is 2.26. The molecule has 0 radical (unpaired) electrons. The number of amides is 2. The SMILES string of the molecule is CCOc1cc(C=NNC(=O)c2ccccc2NC(=O)c2ccccc2Cl)ccc1O. The molecule has 0 aliphatic rings. The lowest BCUT2D eigenvalue weighted by molar-refractivity contribution is 0.0956. The third-order valence-corrected chi connectivity index (χ3v) is 4.53. The summed E-state index contributed by atoms with van der Waals surface area (Å²) in [6, 6.07) is 17.9. The Labute approximate surface area is 184 Å². The van der Waals surface area contributed by atoms with Crippen molar-refractivity contribution < 1.29 is 19.4 Å². The predicted molar refractivity (Wildman–Crippen MR) is 120 cm³/mol. The average Bonchev–Trinajstić information content (AvgIpc) is 2.76. The second kappa shape index (κ2) is 10.3. The lowest BCUT2D eigenvalue weighted by Crippen LogP contribution is -2.21. The number of anilines is 1. The Hall–Kier alpha value is -3.84. The Morgan fingerprint density at radius 2 is 1.74 bits per heavy atom. The van der Waals surface area contributed by atoms with Crippen LogP contribution in [0.2, 0.25) is 5.02 Å². The molecule has 0 aliphatic heterocycles. The van der Waals surface area contributed by atoms with Crippen LogP contribution < -0.4 is 15.5 Å². The normalized spacial score (nSPS) is 10.6. The molecule has 3 aromatic rings. The van der Waals surface area contributed by atoms with Crippen molar-refractivity contribution in [3.8, 4) is 11.5 Å². The number of benzene rings is 3. The maximum atomic E-state index is 12.6. The molecule has 31 heavy (non-hydrogen) atoms. The first-order valence-electron chi connectivity index (χ1n) is 9.43. The van der Waals surface area contributed by atoms with Crippen molar-refractivity contribution in [3.63, 3.8) is 0 Å². The number of hydrogen-bond acceptors (Lipinski definition) is 5. The van der Waals surface area contributed by atoms with Crippen LogP contribution in [0.3, 0.4) is 0 Å². The van der Waals surface area contributed by atoms with Crippen LogP contribution in [-0.4, -0.2) is 29.7 Å². The summed E-state index contributed by atoms with van der Waals surface area (Å²) in [5, 5.41) is 16.7. The highest BCUT2D eigenvalue weighted by Gasteiger charge is 2.15. The number of rotatable bonds is 7. The number of aromatic hydroxyl groups is 1. The largest absolute Gasteiger partial charge is 0.504 e. The molecule has 0 fully saturated rings. The zero-order valence-corrected chi connectivity index (χ0v) is 17.4. The molecule has 0 heterocycles. The summed E-state index contributed by atoms with van der Waals surface area (Å²) in [6.07, 6.45) is 1.42. The molecule has 0 saturated carbocycles. The van der Waals surface area contributed by atoms with Gasteiger partial charge in [-0.15, -0.1) is 0 Å². The van der Waals surface area contributed by atoms with Gasteiger partial charge < -0.3 is 15.2 Å². The van der Waals surface area contributed by atoms with Crippen molar-refractivity contribution in [1.82, 2.24) is 5.43 Å². The molecule has 0 aromatic heterocycles. The molecule has 2 amide bonds. The van der Waals surface area contributed by atoms with Gasteiger partial charge in [-0.05, 0) is 55.0 Å². The van der Waals surface area contributed by atoms with E-state index < -0.39 is 11.8 Å². The molecule has 8 heteroatoms. The summed E-state index contributed by atoms with van der Waals surface area (Å²) in [5.41, 5.74) is 3.92. The minimum Gasteiger partial charge on any atom is -0.504 e. The van der Waals surface area contributed by atoms with E-state index >= 15 is 0 Å². The number of ether oxygens (including phenoxy) is 1. The van der Waals surface area contributed by atoms with Gasteiger partial charge in [0.2, 0.25) is 0 Å². The van der Waals surface area contributed by atoms with Gasteiger partial charge in [-0.3, -0.25) is 9.59 Å². The number of nitrogens with one attached hydrogen (secondary N) is 2. The molecule has 7 nitrogen and oxygen atoms in total. The number of phenolic OH excluding ortho intramolecular Hbond substituents is 1. The number of hydrazone groups is 1. The second-order valence-corrected chi connectivity index (χ2v) is 6.75. The highest BCUT2D eigenvalue weighted by atomic mass is 35.5. The summed E-state index contributed by atoms with van der Waals surface area (Å²) in [7, 11) is 0. The first-order valence-corrected chi connectivity index (χ1v) is 9.81. The summed E-state index contributed by atoms with van der Waals surface area (Å²) >= 11 is 6.07. The van der Waals surface area contributed by atoms with Crippen molar-refractivity contribution in [2.75, 3.05) is 11.9 Å². The molecule has 158 valence electrons. The molecule has 3 rings (SSSR count). The monoisotopic (exact) mass is 437 g/mol. The van der Waals surface area contributed by atoms with Gasteiger partial charge in [0.05, 0.1) is 34.7 Å². The van der Waals surface area contributed by atoms with Gasteiger partial charge in [0, 0.05) is 0 Å². The minimum absolute atomic E-state index is 0.0197. The van der Waals surface area contributed by atoms with E-state index in [1.165, 1.54) is 12.3 Å². The van der Waals surface area contributed by atoms with Gasteiger partial charge in [-0.25, -0.2) is 5.43 Å². The Morgan fingerprint density at radius 1 is 1.03 bits per heavy atom. The molecule has 0 saturated heterocycles. The molecule has 0 atom stereocenters. The Bertz CT molecular complexity index is 1130. The number of hydrogen-bond donors (Lipinski definition) is 3. The molecule has 3 aromatic carbocycles. The number of nitrogens with zero attached hydrogens (tertiary/aromatic N) is 1. The minimum atomic E-state index is -0.505. The van der Waals surface area contributed by atoms with Crippen LogP contribution in [0, 0.1) is 0 Å². The number of carbonyl (C=O) groups excluding carboxylic acids is 2. The van der Waals surface area contributed by atoms with E-state index in [1.54, 1.807) is 60.7 Å². The maximum Gasteiger partial charge on any atom is 0.273 e. The summed E-state index contributed by atoms with van der Waals surface area (Å²) in [6.45, 7) is 2.21. The van der Waals surface area contributed by atoms with Crippen molar-refractivity contribution in [2.45, 2.75) is 6.92 Å². The van der Waals surface area contributed by atoms with E-state index in [4.69, 9.17) is 16.3 Å². The number of carbonyl (C=O) groups is 2. The summed E-state index contributed by atoms with van der Waals surface area (Å²) in [5.74, 6) is -0.589. The molecular formula is C23H20ClN3O4. The fourth-order valence-corrected chi connectivity index (χ4v) is 2.95. The van der Waals surface area contributed by atoms with Gasteiger partial charge >= 0.3 is 0 Å². The zero-order valence-electron chi connectivity index (χ0n) is 16.6. The first kappa shape index (κ1) is 21.9. The van der Waals surface area contributed by atoms with Crippen molar-refractivity contribution >= 4 is 35.3 Å². The molecular weight excluding hydrogens is 418 g/mol. The van der Waals surface area contributed by atoms with Crippen LogP contribution in [0.25, 0.3) is 0 Å². The van der Waals surface area contributed by atoms with E-state index in [1.807, 2.05) is 6.92 Å². The van der Waals surface area contributed by atoms with E-state index in [2.05, 4.69) is 15.8 Å². The quantitative estimate of drug-likeness (QED) is 0.375. The van der Waals surface area contributed by atoms with Gasteiger partial charge in [0.25, 0.3) is 11.8 Å². The summed E-state index contributed by atoms with van der Waals surface area (Å²) < 4.78 is 5.32. The van der Waals surface area contributed by atoms with Crippen molar-refractivity contribution in [3.05, 3.63) is 88.4 Å². The Balaban J connectivity index is 1.72. The Morgan fingerprint density at radius 3 is 2.48 bits per heavy atom. The van der Waals surface area contributed by atoms with E-state index in [9.17, 15) is 14.7 Å². The third-order valence-electron chi connectivity index (χ3n) is 4.20. The molecule has 0 bridgehead atoms. The lowest BCUT2D eigenvalue weighted by atomic mass is 10.1. The first-order chi connectivity index (χ1) is 15.0. The fourth-order valence-electron chi connectivity index (χ4n) is 2.73. The second-order valence-electron chi connectivity index (χ2n) is 6.34. The van der Waals surface area contributed by atoms with Gasteiger partial charge in [0.15, 0.2) is 11.5 Å². The smallest absolute Gasteiger partial charge is 0.273 e. The van der Waals surface area contributed by atoms with Gasteiger partial charge in [0.1, 0.15) is 0 Å². The van der Waals surface area contributed by atoms with Crippen molar-refractivity contribution in [2.24, 2.45) is 5.10 Å². The van der Waals surface area contributed by atoms with Crippen LogP contribution in [0.1, 0.15) is 33.2 Å². The van der Waals surface area contributed by atoms with Crippen LogP contribution >= 0.6 is 11.6 Å². The van der Waals surface area contributed by atoms with E-state index in [-0.39, 0.29) is 11.3 Å². The molecule has 0 aliphatic carbocycles. The highest BCUT2D eigenvalue weighted by molar-refractivity contribution is 6.34. The van der Waals surface area contributed by atoms with Crippen molar-refractivity contribution in [1.29, 1.82) is 0 Å². The molecule has 0 spiro atoms. The topological polar surface area (TPSA) is 100 Å². The van der Waals surface area contributed by atoms with Gasteiger partial charge in [-0.1, -0.05) is 35.9 Å². The lowest BCUT2D eigenvalue weighted by Gasteiger charge is -2.10. The van der Waals surface area contributed by atoms with Crippen LogP contribution in [-0.2, 0) is 0 Å². The molecule has 0 unspecified atom stereocenters. The predicted octanol–water partition coefficient (Wildman–Crippen LogP) is 4.46. The van der Waals surface area contributed by atoms with Crippen LogP contribution in [0.5, 0.6) is 11.5 Å². The Kier molecular flexibility index (Phi) is 7.24. The average molecular weight is 438 g/mol. The maximum absolute atomic E-state index is 12.6. The third kappa shape index (κ3) is 5.61. The standard InChI is InChI=1S/C23H20ClN3O4/c1-2-31-21-13-15(11-12-20(21)28)14-25-27-23(30)17-8-4-6-10-19(17)26-22(29)16-7-3-5-9-18(16)24/h3-14,28H,2H2,1H3,(H,26,29)(H,27,30). The summed E-state index contributed by atoms with van der Waals surface area (Å²) in [4.78, 5) is 25.1. The number of phenols is 1.